The maximum atomic E-state index is 12.9. The molecule has 1 aromatic carbocycles. The highest BCUT2D eigenvalue weighted by Crippen LogP contribution is 2.36. The molecular formula is C26H34O14. The number of carbonyl (C=O) groups is 2. The molecule has 0 saturated carbocycles. The standard InChI is InChI=1S/C26H34O14/c1-4-13-14(8-20(30)37-11-19(35-2)12-5-6-16(28)17(29)7-12)15(24(34)36-3)10-38-25(13)40-26-23(33)22(32)21(31)18(9-27)39-26/h4-7,10,14,18-19,21-23,25-29,31-33H,8-9,11H2,1-3H3/b13-4-. The number of carbonyl (C=O) groups excluding carboxylic acids is 2. The van der Waals surface area contributed by atoms with Gasteiger partial charge in [0.1, 0.15) is 37.1 Å². The molecule has 3 rings (SSSR count). The lowest BCUT2D eigenvalue weighted by Gasteiger charge is -2.41. The van der Waals surface area contributed by atoms with Gasteiger partial charge in [0.15, 0.2) is 17.8 Å². The van der Waals surface area contributed by atoms with Gasteiger partial charge >= 0.3 is 11.9 Å². The van der Waals surface area contributed by atoms with Gasteiger partial charge in [0, 0.05) is 18.6 Å². The summed E-state index contributed by atoms with van der Waals surface area (Å²) in [6, 6.07) is 4.03. The highest BCUT2D eigenvalue weighted by atomic mass is 16.8. The topological polar surface area (TPSA) is 211 Å². The van der Waals surface area contributed by atoms with E-state index in [4.69, 9.17) is 28.4 Å². The molecule has 2 heterocycles. The first-order valence-electron chi connectivity index (χ1n) is 12.3. The van der Waals surface area contributed by atoms with E-state index in [2.05, 4.69) is 0 Å². The van der Waals surface area contributed by atoms with E-state index in [1.807, 2.05) is 0 Å². The largest absolute Gasteiger partial charge is 0.504 e. The molecule has 1 aromatic rings. The minimum Gasteiger partial charge on any atom is -0.504 e. The van der Waals surface area contributed by atoms with Crippen LogP contribution in [0, 0.1) is 5.92 Å². The van der Waals surface area contributed by atoms with Crippen molar-refractivity contribution in [2.75, 3.05) is 27.4 Å². The Hall–Kier alpha value is -3.24. The van der Waals surface area contributed by atoms with Crippen LogP contribution in [0.1, 0.15) is 25.0 Å². The molecule has 0 spiro atoms. The van der Waals surface area contributed by atoms with Gasteiger partial charge in [-0.15, -0.1) is 0 Å². The molecule has 1 fully saturated rings. The van der Waals surface area contributed by atoms with Gasteiger partial charge in [-0.3, -0.25) is 4.79 Å². The van der Waals surface area contributed by atoms with E-state index >= 15 is 0 Å². The van der Waals surface area contributed by atoms with Gasteiger partial charge in [-0.25, -0.2) is 4.79 Å². The van der Waals surface area contributed by atoms with E-state index in [0.717, 1.165) is 13.4 Å². The Morgan fingerprint density at radius 1 is 1.07 bits per heavy atom. The first kappa shape index (κ1) is 31.3. The summed E-state index contributed by atoms with van der Waals surface area (Å²) in [7, 11) is 2.53. The number of benzene rings is 1. The zero-order chi connectivity index (χ0) is 29.6. The third kappa shape index (κ3) is 6.90. The summed E-state index contributed by atoms with van der Waals surface area (Å²) >= 11 is 0. The predicted molar refractivity (Wildman–Crippen MR) is 132 cm³/mol. The molecule has 8 atom stereocenters. The molecule has 222 valence electrons. The Labute approximate surface area is 229 Å². The van der Waals surface area contributed by atoms with Crippen LogP contribution in [0.15, 0.2) is 41.7 Å². The van der Waals surface area contributed by atoms with Gasteiger partial charge in [0.05, 0.1) is 32.0 Å². The van der Waals surface area contributed by atoms with Gasteiger partial charge in [-0.05, 0) is 24.6 Å². The average molecular weight is 571 g/mol. The minimum absolute atomic E-state index is 0.0204. The van der Waals surface area contributed by atoms with Crippen molar-refractivity contribution in [3.05, 3.63) is 47.2 Å². The van der Waals surface area contributed by atoms with Crippen LogP contribution in [0.5, 0.6) is 11.5 Å². The van der Waals surface area contributed by atoms with E-state index in [1.54, 1.807) is 6.92 Å². The Bertz CT molecular complexity index is 1100. The van der Waals surface area contributed by atoms with Crippen molar-refractivity contribution < 1.29 is 68.6 Å². The van der Waals surface area contributed by atoms with Crippen LogP contribution < -0.4 is 0 Å². The van der Waals surface area contributed by atoms with Crippen molar-refractivity contribution in [2.45, 2.75) is 56.4 Å². The van der Waals surface area contributed by atoms with Crippen molar-refractivity contribution >= 4 is 11.9 Å². The van der Waals surface area contributed by atoms with Gasteiger partial charge in [0.2, 0.25) is 6.29 Å². The van der Waals surface area contributed by atoms with Crippen molar-refractivity contribution in [2.24, 2.45) is 5.92 Å². The summed E-state index contributed by atoms with van der Waals surface area (Å²) in [5, 5.41) is 59.2. The first-order chi connectivity index (χ1) is 19.1. The third-order valence-electron chi connectivity index (χ3n) is 6.65. The number of hydrogen-bond acceptors (Lipinski definition) is 14. The number of rotatable bonds is 10. The van der Waals surface area contributed by atoms with Crippen molar-refractivity contribution in [3.63, 3.8) is 0 Å². The molecule has 40 heavy (non-hydrogen) atoms. The summed E-state index contributed by atoms with van der Waals surface area (Å²) in [6.07, 6.45) is -7.63. The number of aromatic hydroxyl groups is 2. The average Bonchev–Trinajstić information content (AvgIpc) is 2.95. The van der Waals surface area contributed by atoms with Crippen molar-refractivity contribution in [1.82, 2.24) is 0 Å². The SMILES string of the molecule is C/C=C1\C(OC2OC(CO)C(O)C(O)C2O)OC=C(C(=O)OC)C1CC(=O)OCC(OC)c1ccc(O)c(O)c1. The Kier molecular flexibility index (Phi) is 10.9. The van der Waals surface area contributed by atoms with E-state index < -0.39 is 67.6 Å². The molecule has 0 bridgehead atoms. The second-order valence-electron chi connectivity index (χ2n) is 9.07. The van der Waals surface area contributed by atoms with Crippen LogP contribution in [-0.2, 0) is 38.0 Å². The van der Waals surface area contributed by atoms with Crippen molar-refractivity contribution in [1.29, 1.82) is 0 Å². The zero-order valence-electron chi connectivity index (χ0n) is 22.1. The first-order valence-corrected chi connectivity index (χ1v) is 12.3. The molecule has 0 aliphatic carbocycles. The normalized spacial score (nSPS) is 30.2. The molecule has 2 aliphatic rings. The Morgan fingerprint density at radius 2 is 1.80 bits per heavy atom. The number of hydrogen-bond donors (Lipinski definition) is 6. The maximum absolute atomic E-state index is 12.9. The fourth-order valence-corrected chi connectivity index (χ4v) is 4.36. The molecule has 14 heteroatoms. The second-order valence-corrected chi connectivity index (χ2v) is 9.07. The van der Waals surface area contributed by atoms with E-state index in [-0.39, 0.29) is 35.7 Å². The van der Waals surface area contributed by atoms with Crippen LogP contribution in [0.3, 0.4) is 0 Å². The quantitative estimate of drug-likeness (QED) is 0.119. The number of allylic oxidation sites excluding steroid dienone is 1. The molecular weight excluding hydrogens is 536 g/mol. The summed E-state index contributed by atoms with van der Waals surface area (Å²) in [5.74, 6) is -3.16. The summed E-state index contributed by atoms with van der Waals surface area (Å²) in [4.78, 5) is 25.4. The highest BCUT2D eigenvalue weighted by Gasteiger charge is 2.47. The fraction of sp³-hybridized carbons (Fsp3) is 0.538. The van der Waals surface area contributed by atoms with E-state index in [0.29, 0.717) is 5.56 Å². The number of esters is 2. The lowest BCUT2D eigenvalue weighted by Crippen LogP contribution is -2.60. The smallest absolute Gasteiger partial charge is 0.337 e. The molecule has 0 amide bonds. The zero-order valence-corrected chi connectivity index (χ0v) is 22.1. The van der Waals surface area contributed by atoms with Crippen LogP contribution in [0.2, 0.25) is 0 Å². The molecule has 8 unspecified atom stereocenters. The fourth-order valence-electron chi connectivity index (χ4n) is 4.36. The number of aliphatic hydroxyl groups is 4. The van der Waals surface area contributed by atoms with Gasteiger partial charge in [0.25, 0.3) is 0 Å². The highest BCUT2D eigenvalue weighted by molar-refractivity contribution is 5.90. The second kappa shape index (κ2) is 13.9. The number of ether oxygens (including phenoxy) is 6. The van der Waals surface area contributed by atoms with Crippen LogP contribution >= 0.6 is 0 Å². The lowest BCUT2D eigenvalue weighted by atomic mass is 9.86. The van der Waals surface area contributed by atoms with Gasteiger partial charge < -0.3 is 59.1 Å². The third-order valence-corrected chi connectivity index (χ3v) is 6.65. The van der Waals surface area contributed by atoms with Crippen LogP contribution in [0.4, 0.5) is 0 Å². The lowest BCUT2D eigenvalue weighted by molar-refractivity contribution is -0.327. The Balaban J connectivity index is 1.75. The summed E-state index contributed by atoms with van der Waals surface area (Å²) < 4.78 is 32.2. The monoisotopic (exact) mass is 570 g/mol. The predicted octanol–water partition coefficient (Wildman–Crippen LogP) is -0.489. The molecule has 0 aromatic heterocycles. The molecule has 6 N–H and O–H groups in total. The number of methoxy groups -OCH3 is 2. The number of aliphatic hydroxyl groups excluding tert-OH is 4. The van der Waals surface area contributed by atoms with Crippen LogP contribution in [-0.4, -0.2) is 107 Å². The van der Waals surface area contributed by atoms with Gasteiger partial charge in [-0.2, -0.15) is 0 Å². The molecule has 0 radical (unpaired) electrons. The molecule has 14 nitrogen and oxygen atoms in total. The summed E-state index contributed by atoms with van der Waals surface area (Å²) in [5.41, 5.74) is 0.686. The minimum atomic E-state index is -1.71. The maximum Gasteiger partial charge on any atom is 0.337 e. The van der Waals surface area contributed by atoms with E-state index in [1.165, 1.54) is 31.4 Å². The Morgan fingerprint density at radius 3 is 2.40 bits per heavy atom. The molecule has 1 saturated heterocycles. The number of phenols is 2. The van der Waals surface area contributed by atoms with E-state index in [9.17, 15) is 40.2 Å². The molecule has 2 aliphatic heterocycles. The van der Waals surface area contributed by atoms with Gasteiger partial charge in [-0.1, -0.05) is 12.1 Å². The van der Waals surface area contributed by atoms with Crippen LogP contribution in [0.25, 0.3) is 0 Å². The number of phenolic OH excluding ortho intramolecular Hbond substituents is 2. The summed E-state index contributed by atoms with van der Waals surface area (Å²) in [6.45, 7) is 0.676. The van der Waals surface area contributed by atoms with Crippen molar-refractivity contribution in [3.8, 4) is 11.5 Å².